The van der Waals surface area contributed by atoms with Gasteiger partial charge in [0.25, 0.3) is 5.91 Å². The van der Waals surface area contributed by atoms with E-state index in [1.54, 1.807) is 30.3 Å². The number of amides is 1. The molecule has 0 spiro atoms. The topological polar surface area (TPSA) is 80.3 Å². The van der Waals surface area contributed by atoms with Gasteiger partial charge in [0.2, 0.25) is 5.88 Å². The number of aromatic nitrogens is 1. The average Bonchev–Trinajstić information content (AvgIpc) is 3.32. The first-order chi connectivity index (χ1) is 12.1. The Labute approximate surface area is 149 Å². The third-order valence-electron chi connectivity index (χ3n) is 4.79. The molecule has 1 aromatic heterocycles. The Kier molecular flexibility index (Phi) is 4.27. The Balaban J connectivity index is 1.37. The van der Waals surface area contributed by atoms with Crippen molar-refractivity contribution in [3.05, 3.63) is 40.8 Å². The van der Waals surface area contributed by atoms with E-state index in [1.807, 2.05) is 0 Å². The van der Waals surface area contributed by atoms with Gasteiger partial charge in [-0.05, 0) is 55.1 Å². The summed E-state index contributed by atoms with van der Waals surface area (Å²) in [5.41, 5.74) is 0.609. The van der Waals surface area contributed by atoms with Crippen LogP contribution in [0.2, 0.25) is 0 Å². The second kappa shape index (κ2) is 6.57. The molecule has 0 saturated carbocycles. The standard InChI is InChI=1S/C18H19N3O3S/c1-10(22)16-9-17(21-25-16)24-13-5-2-11(3-6-13)18(23)20-15-8-12-4-7-14(15)19-12/h2-3,5-6,9,12,14-15,19H,4,7-8H2,1H3,(H,20,23). The lowest BCUT2D eigenvalue weighted by molar-refractivity contribution is 0.0930. The minimum Gasteiger partial charge on any atom is -0.438 e. The molecule has 2 N–H and O–H groups in total. The summed E-state index contributed by atoms with van der Waals surface area (Å²) in [6.07, 6.45) is 3.36. The molecule has 4 rings (SSSR count). The third-order valence-corrected chi connectivity index (χ3v) is 5.66. The van der Waals surface area contributed by atoms with Crippen LogP contribution in [0.3, 0.4) is 0 Å². The second-order valence-electron chi connectivity index (χ2n) is 6.58. The molecule has 7 heteroatoms. The number of nitrogens with one attached hydrogen (secondary N) is 2. The summed E-state index contributed by atoms with van der Waals surface area (Å²) in [4.78, 5) is 24.2. The maximum atomic E-state index is 12.4. The average molecular weight is 357 g/mol. The SMILES string of the molecule is CC(=O)c1cc(Oc2ccc(C(=O)NC3CC4CCC3N4)cc2)ns1. The van der Waals surface area contributed by atoms with Crippen molar-refractivity contribution in [1.82, 2.24) is 15.0 Å². The first kappa shape index (κ1) is 16.2. The molecule has 0 radical (unpaired) electrons. The van der Waals surface area contributed by atoms with Gasteiger partial charge >= 0.3 is 0 Å². The van der Waals surface area contributed by atoms with E-state index in [9.17, 15) is 9.59 Å². The van der Waals surface area contributed by atoms with Crippen LogP contribution in [0.15, 0.2) is 30.3 Å². The first-order valence-electron chi connectivity index (χ1n) is 8.41. The molecule has 2 bridgehead atoms. The number of rotatable bonds is 5. The molecule has 2 aliphatic rings. The van der Waals surface area contributed by atoms with Gasteiger partial charge in [-0.25, -0.2) is 0 Å². The number of carbonyl (C=O) groups is 2. The number of hydrogen-bond acceptors (Lipinski definition) is 6. The molecule has 3 unspecified atom stereocenters. The van der Waals surface area contributed by atoms with Gasteiger partial charge in [-0.15, -0.1) is 0 Å². The summed E-state index contributed by atoms with van der Waals surface area (Å²) in [5, 5.41) is 6.64. The molecule has 6 nitrogen and oxygen atoms in total. The normalized spacial score (nSPS) is 24.3. The van der Waals surface area contributed by atoms with Gasteiger partial charge in [-0.2, -0.15) is 4.37 Å². The minimum absolute atomic E-state index is 0.0329. The zero-order chi connectivity index (χ0) is 17.4. The van der Waals surface area contributed by atoms with E-state index in [0.29, 0.717) is 34.2 Å². The number of Topliss-reactive ketones (excluding diaryl/α,β-unsaturated/α-hetero) is 1. The first-order valence-corrected chi connectivity index (χ1v) is 9.18. The van der Waals surface area contributed by atoms with Crippen LogP contribution in [0.4, 0.5) is 0 Å². The van der Waals surface area contributed by atoms with Gasteiger partial charge in [-0.1, -0.05) is 0 Å². The fraction of sp³-hybridized carbons (Fsp3) is 0.389. The second-order valence-corrected chi connectivity index (χ2v) is 7.38. The Bertz CT molecular complexity index is 802. The largest absolute Gasteiger partial charge is 0.438 e. The van der Waals surface area contributed by atoms with Crippen molar-refractivity contribution in [2.45, 2.75) is 44.3 Å². The fourth-order valence-corrected chi connectivity index (χ4v) is 4.06. The van der Waals surface area contributed by atoms with Gasteiger partial charge in [0.1, 0.15) is 5.75 Å². The van der Waals surface area contributed by atoms with E-state index >= 15 is 0 Å². The third kappa shape index (κ3) is 3.43. The predicted octanol–water partition coefficient (Wildman–Crippen LogP) is 2.76. The van der Waals surface area contributed by atoms with E-state index in [4.69, 9.17) is 4.74 Å². The van der Waals surface area contributed by atoms with Gasteiger partial charge in [0.05, 0.1) is 4.88 Å². The van der Waals surface area contributed by atoms with Crippen LogP contribution >= 0.6 is 11.5 Å². The van der Waals surface area contributed by atoms with Crippen LogP contribution in [-0.4, -0.2) is 34.2 Å². The molecule has 1 amide bonds. The molecule has 0 aliphatic carbocycles. The summed E-state index contributed by atoms with van der Waals surface area (Å²) >= 11 is 1.11. The highest BCUT2D eigenvalue weighted by atomic mass is 32.1. The van der Waals surface area contributed by atoms with Crippen LogP contribution in [0.1, 0.15) is 46.2 Å². The molecule has 2 saturated heterocycles. The maximum absolute atomic E-state index is 12.4. The van der Waals surface area contributed by atoms with Gasteiger partial charge in [-0.3, -0.25) is 9.59 Å². The van der Waals surface area contributed by atoms with E-state index in [-0.39, 0.29) is 17.7 Å². The molecule has 3 heterocycles. The molecule has 2 aromatic rings. The molecular formula is C18H19N3O3S. The lowest BCUT2D eigenvalue weighted by Gasteiger charge is -2.21. The van der Waals surface area contributed by atoms with Gasteiger partial charge < -0.3 is 15.4 Å². The molecular weight excluding hydrogens is 338 g/mol. The fourth-order valence-electron chi connectivity index (χ4n) is 3.50. The Morgan fingerprint density at radius 3 is 2.68 bits per heavy atom. The van der Waals surface area contributed by atoms with Crippen molar-refractivity contribution >= 4 is 23.2 Å². The van der Waals surface area contributed by atoms with Crippen molar-refractivity contribution in [1.29, 1.82) is 0 Å². The monoisotopic (exact) mass is 357 g/mol. The van der Waals surface area contributed by atoms with Gasteiger partial charge in [0.15, 0.2) is 5.78 Å². The van der Waals surface area contributed by atoms with Crippen molar-refractivity contribution in [2.75, 3.05) is 0 Å². The van der Waals surface area contributed by atoms with Crippen molar-refractivity contribution < 1.29 is 14.3 Å². The number of fused-ring (bicyclic) bond motifs is 2. The van der Waals surface area contributed by atoms with E-state index in [2.05, 4.69) is 15.0 Å². The number of hydrogen-bond donors (Lipinski definition) is 2. The maximum Gasteiger partial charge on any atom is 0.251 e. The van der Waals surface area contributed by atoms with Crippen molar-refractivity contribution in [2.24, 2.45) is 0 Å². The predicted molar refractivity (Wildman–Crippen MR) is 94.5 cm³/mol. The smallest absolute Gasteiger partial charge is 0.251 e. The molecule has 3 atom stereocenters. The summed E-state index contributed by atoms with van der Waals surface area (Å²) < 4.78 is 9.72. The molecule has 1 aromatic carbocycles. The lowest BCUT2D eigenvalue weighted by atomic mass is 9.95. The number of ether oxygens (including phenoxy) is 1. The van der Waals surface area contributed by atoms with E-state index < -0.39 is 0 Å². The van der Waals surface area contributed by atoms with Crippen LogP contribution in [0, 0.1) is 0 Å². The Hall–Kier alpha value is -2.25. The number of nitrogens with zero attached hydrogens (tertiary/aromatic N) is 1. The quantitative estimate of drug-likeness (QED) is 0.805. The molecule has 25 heavy (non-hydrogen) atoms. The van der Waals surface area contributed by atoms with Crippen molar-refractivity contribution in [3.63, 3.8) is 0 Å². The molecule has 130 valence electrons. The summed E-state index contributed by atoms with van der Waals surface area (Å²) in [5.74, 6) is 0.881. The summed E-state index contributed by atoms with van der Waals surface area (Å²) in [6, 6.07) is 9.77. The highest BCUT2D eigenvalue weighted by molar-refractivity contribution is 7.08. The highest BCUT2D eigenvalue weighted by Gasteiger charge is 2.39. The summed E-state index contributed by atoms with van der Waals surface area (Å²) in [6.45, 7) is 1.50. The van der Waals surface area contributed by atoms with Crippen molar-refractivity contribution in [3.8, 4) is 11.6 Å². The van der Waals surface area contributed by atoms with E-state index in [1.165, 1.54) is 13.3 Å². The van der Waals surface area contributed by atoms with E-state index in [0.717, 1.165) is 24.4 Å². The lowest BCUT2D eigenvalue weighted by Crippen LogP contribution is -2.42. The zero-order valence-corrected chi connectivity index (χ0v) is 14.6. The number of carbonyl (C=O) groups excluding carboxylic acids is 2. The molecule has 2 fully saturated rings. The molecule has 2 aliphatic heterocycles. The Morgan fingerprint density at radius 1 is 1.28 bits per heavy atom. The van der Waals surface area contributed by atoms with Crippen LogP contribution in [0.25, 0.3) is 0 Å². The Morgan fingerprint density at radius 2 is 2.08 bits per heavy atom. The highest BCUT2D eigenvalue weighted by Crippen LogP contribution is 2.28. The van der Waals surface area contributed by atoms with Crippen LogP contribution in [0.5, 0.6) is 11.6 Å². The zero-order valence-electron chi connectivity index (χ0n) is 13.8. The van der Waals surface area contributed by atoms with Gasteiger partial charge in [0, 0.05) is 36.7 Å². The minimum atomic E-state index is -0.0570. The summed E-state index contributed by atoms with van der Waals surface area (Å²) in [7, 11) is 0. The number of benzene rings is 1. The number of ketones is 1. The van der Waals surface area contributed by atoms with Crippen LogP contribution in [-0.2, 0) is 0 Å². The van der Waals surface area contributed by atoms with Crippen LogP contribution < -0.4 is 15.4 Å².